The Morgan fingerprint density at radius 3 is 2.59 bits per heavy atom. The number of nitrogens with two attached hydrogens (primary N) is 1. The molecule has 0 amide bonds. The minimum atomic E-state index is -3.51. The van der Waals surface area contributed by atoms with Crippen LogP contribution in [0.1, 0.15) is 26.7 Å². The molecule has 0 radical (unpaired) electrons. The lowest BCUT2D eigenvalue weighted by Crippen LogP contribution is -2.50. The van der Waals surface area contributed by atoms with Gasteiger partial charge in [-0.25, -0.2) is 0 Å². The van der Waals surface area contributed by atoms with Crippen LogP contribution in [0.5, 0.6) is 0 Å². The lowest BCUT2D eigenvalue weighted by atomic mass is 10.2. The Morgan fingerprint density at radius 1 is 1.53 bits per heavy atom. The highest BCUT2D eigenvalue weighted by atomic mass is 32.2. The van der Waals surface area contributed by atoms with E-state index in [0.717, 1.165) is 6.42 Å². The highest BCUT2D eigenvalue weighted by Gasteiger charge is 2.39. The Hall–Kier alpha value is -0.860. The van der Waals surface area contributed by atoms with E-state index < -0.39 is 16.3 Å². The molecule has 0 aromatic carbocycles. The maximum Gasteiger partial charge on any atom is 0.282 e. The first-order valence-electron chi connectivity index (χ1n) is 5.73. The molecular formula is C9H20N4O3S. The molecule has 1 aliphatic heterocycles. The first-order valence-corrected chi connectivity index (χ1v) is 7.13. The van der Waals surface area contributed by atoms with E-state index in [-0.39, 0.29) is 5.84 Å². The SMILES string of the molecule is CCN(CC)S(=O)(=O)N1CCCC1C(N)=NO. The molecule has 0 bridgehead atoms. The lowest BCUT2D eigenvalue weighted by molar-refractivity contribution is 0.309. The number of rotatable bonds is 5. The summed E-state index contributed by atoms with van der Waals surface area (Å²) < 4.78 is 27.3. The smallest absolute Gasteiger partial charge is 0.282 e. The van der Waals surface area contributed by atoms with Crippen LogP contribution in [-0.4, -0.2) is 53.7 Å². The third-order valence-corrected chi connectivity index (χ3v) is 5.19. The molecule has 1 saturated heterocycles. The van der Waals surface area contributed by atoms with Gasteiger partial charge in [0.15, 0.2) is 5.84 Å². The second-order valence-electron chi connectivity index (χ2n) is 3.89. The summed E-state index contributed by atoms with van der Waals surface area (Å²) >= 11 is 0. The molecule has 1 fully saturated rings. The molecule has 8 heteroatoms. The maximum absolute atomic E-state index is 12.3. The van der Waals surface area contributed by atoms with Crippen LogP contribution >= 0.6 is 0 Å². The second-order valence-corrected chi connectivity index (χ2v) is 5.77. The zero-order valence-corrected chi connectivity index (χ0v) is 11.0. The standard InChI is InChI=1S/C9H20N4O3S/c1-3-12(4-2)17(15,16)13-7-5-6-8(13)9(10)11-14/h8,14H,3-7H2,1-2H3,(H2,10,11). The number of hydrogen-bond donors (Lipinski definition) is 2. The quantitative estimate of drug-likeness (QED) is 0.310. The van der Waals surface area contributed by atoms with Crippen molar-refractivity contribution in [1.29, 1.82) is 0 Å². The zero-order valence-electron chi connectivity index (χ0n) is 10.2. The third-order valence-electron chi connectivity index (χ3n) is 2.99. The van der Waals surface area contributed by atoms with Crippen molar-refractivity contribution in [3.63, 3.8) is 0 Å². The van der Waals surface area contributed by atoms with E-state index in [1.165, 1.54) is 8.61 Å². The van der Waals surface area contributed by atoms with Gasteiger partial charge in [0.25, 0.3) is 10.2 Å². The molecule has 1 aliphatic rings. The Morgan fingerprint density at radius 2 is 2.12 bits per heavy atom. The summed E-state index contributed by atoms with van der Waals surface area (Å²) in [5, 5.41) is 11.6. The van der Waals surface area contributed by atoms with Crippen LogP contribution in [0, 0.1) is 0 Å². The topological polar surface area (TPSA) is 99.2 Å². The van der Waals surface area contributed by atoms with Crippen molar-refractivity contribution in [1.82, 2.24) is 8.61 Å². The molecule has 1 unspecified atom stereocenters. The Kier molecular flexibility index (Phi) is 4.72. The summed E-state index contributed by atoms with van der Waals surface area (Å²) in [4.78, 5) is 0. The summed E-state index contributed by atoms with van der Waals surface area (Å²) in [6.45, 7) is 4.82. The first-order chi connectivity index (χ1) is 7.98. The number of oxime groups is 1. The first kappa shape index (κ1) is 14.2. The van der Waals surface area contributed by atoms with Gasteiger partial charge in [-0.05, 0) is 12.8 Å². The predicted molar refractivity (Wildman–Crippen MR) is 65.0 cm³/mol. The minimum Gasteiger partial charge on any atom is -0.409 e. The number of nitrogens with zero attached hydrogens (tertiary/aromatic N) is 3. The molecule has 17 heavy (non-hydrogen) atoms. The van der Waals surface area contributed by atoms with Gasteiger partial charge in [-0.2, -0.15) is 17.0 Å². The van der Waals surface area contributed by atoms with E-state index in [0.29, 0.717) is 26.1 Å². The van der Waals surface area contributed by atoms with E-state index in [4.69, 9.17) is 10.9 Å². The van der Waals surface area contributed by atoms with Crippen molar-refractivity contribution in [2.75, 3.05) is 19.6 Å². The van der Waals surface area contributed by atoms with Crippen LogP contribution in [0.2, 0.25) is 0 Å². The fraction of sp³-hybridized carbons (Fsp3) is 0.889. The average Bonchev–Trinajstić information content (AvgIpc) is 2.78. The van der Waals surface area contributed by atoms with Crippen LogP contribution in [0.15, 0.2) is 5.16 Å². The molecule has 1 rings (SSSR count). The van der Waals surface area contributed by atoms with Crippen LogP contribution < -0.4 is 5.73 Å². The molecule has 0 saturated carbocycles. The third kappa shape index (κ3) is 2.70. The van der Waals surface area contributed by atoms with Gasteiger partial charge in [-0.15, -0.1) is 0 Å². The minimum absolute atomic E-state index is 0.0433. The molecular weight excluding hydrogens is 244 g/mol. The molecule has 0 spiro atoms. The van der Waals surface area contributed by atoms with Gasteiger partial charge in [0, 0.05) is 19.6 Å². The highest BCUT2D eigenvalue weighted by molar-refractivity contribution is 7.86. The summed E-state index contributed by atoms with van der Waals surface area (Å²) in [5.41, 5.74) is 5.52. The largest absolute Gasteiger partial charge is 0.409 e. The normalized spacial score (nSPS) is 23.5. The second kappa shape index (κ2) is 5.65. The van der Waals surface area contributed by atoms with Gasteiger partial charge >= 0.3 is 0 Å². The van der Waals surface area contributed by atoms with Gasteiger partial charge < -0.3 is 10.9 Å². The molecule has 100 valence electrons. The number of hydrogen-bond acceptors (Lipinski definition) is 4. The molecule has 3 N–H and O–H groups in total. The van der Waals surface area contributed by atoms with E-state index >= 15 is 0 Å². The summed E-state index contributed by atoms with van der Waals surface area (Å²) in [5.74, 6) is -0.0433. The van der Waals surface area contributed by atoms with Crippen LogP contribution in [0.3, 0.4) is 0 Å². The van der Waals surface area contributed by atoms with E-state index in [1.54, 1.807) is 13.8 Å². The predicted octanol–water partition coefficient (Wildman–Crippen LogP) is -0.216. The molecule has 0 aromatic rings. The van der Waals surface area contributed by atoms with Crippen LogP contribution in [0.4, 0.5) is 0 Å². The van der Waals surface area contributed by atoms with Crippen LogP contribution in [-0.2, 0) is 10.2 Å². The maximum atomic E-state index is 12.3. The van der Waals surface area contributed by atoms with Crippen molar-refractivity contribution in [2.24, 2.45) is 10.9 Å². The van der Waals surface area contributed by atoms with E-state index in [9.17, 15) is 8.42 Å². The molecule has 0 aromatic heterocycles. The summed E-state index contributed by atoms with van der Waals surface area (Å²) in [7, 11) is -3.51. The molecule has 7 nitrogen and oxygen atoms in total. The Labute approximate surface area is 102 Å². The molecule has 1 heterocycles. The van der Waals surface area contributed by atoms with Gasteiger partial charge in [-0.1, -0.05) is 19.0 Å². The van der Waals surface area contributed by atoms with Gasteiger partial charge in [-0.3, -0.25) is 0 Å². The van der Waals surface area contributed by atoms with E-state index in [1.807, 2.05) is 0 Å². The van der Waals surface area contributed by atoms with Crippen LogP contribution in [0.25, 0.3) is 0 Å². The van der Waals surface area contributed by atoms with Crippen molar-refractivity contribution >= 4 is 16.0 Å². The van der Waals surface area contributed by atoms with E-state index in [2.05, 4.69) is 5.16 Å². The van der Waals surface area contributed by atoms with Crippen molar-refractivity contribution in [2.45, 2.75) is 32.7 Å². The van der Waals surface area contributed by atoms with Crippen molar-refractivity contribution < 1.29 is 13.6 Å². The molecule has 1 atom stereocenters. The van der Waals surface area contributed by atoms with Gasteiger partial charge in [0.05, 0.1) is 6.04 Å². The number of amidine groups is 1. The van der Waals surface area contributed by atoms with Gasteiger partial charge in [0.1, 0.15) is 0 Å². The fourth-order valence-corrected chi connectivity index (χ4v) is 3.92. The summed E-state index contributed by atoms with van der Waals surface area (Å²) in [6, 6.07) is -0.523. The Bertz CT molecular complexity index is 378. The Balaban J connectivity index is 2.98. The lowest BCUT2D eigenvalue weighted by Gasteiger charge is -2.28. The zero-order chi connectivity index (χ0) is 13.1. The molecule has 0 aliphatic carbocycles. The fourth-order valence-electron chi connectivity index (χ4n) is 2.08. The monoisotopic (exact) mass is 264 g/mol. The van der Waals surface area contributed by atoms with Crippen molar-refractivity contribution in [3.8, 4) is 0 Å². The average molecular weight is 264 g/mol. The highest BCUT2D eigenvalue weighted by Crippen LogP contribution is 2.23. The summed E-state index contributed by atoms with van der Waals surface area (Å²) in [6.07, 6.45) is 1.32. The van der Waals surface area contributed by atoms with Crippen molar-refractivity contribution in [3.05, 3.63) is 0 Å². The van der Waals surface area contributed by atoms with Gasteiger partial charge in [0.2, 0.25) is 0 Å².